The van der Waals surface area contributed by atoms with Gasteiger partial charge in [-0.25, -0.2) is 0 Å². The Morgan fingerprint density at radius 1 is 1.35 bits per heavy atom. The van der Waals surface area contributed by atoms with E-state index in [1.54, 1.807) is 0 Å². The molecule has 1 aromatic rings. The van der Waals surface area contributed by atoms with E-state index in [1.165, 1.54) is 0 Å². The molecule has 0 unspecified atom stereocenters. The molecule has 1 heterocycles. The lowest BCUT2D eigenvalue weighted by atomic mass is 9.90. The third-order valence-electron chi connectivity index (χ3n) is 4.30. The molecule has 0 aliphatic heterocycles. The Labute approximate surface area is 121 Å². The molecule has 4 heteroatoms. The summed E-state index contributed by atoms with van der Waals surface area (Å²) in [4.78, 5) is 14.9. The van der Waals surface area contributed by atoms with Crippen molar-refractivity contribution in [3.63, 3.8) is 0 Å². The molecule has 1 amide bonds. The van der Waals surface area contributed by atoms with Gasteiger partial charge in [-0.05, 0) is 51.2 Å². The third kappa shape index (κ3) is 3.23. The van der Waals surface area contributed by atoms with Gasteiger partial charge in [-0.1, -0.05) is 6.92 Å². The van der Waals surface area contributed by atoms with E-state index in [0.717, 1.165) is 50.9 Å². The van der Waals surface area contributed by atoms with Crippen LogP contribution in [0.15, 0.2) is 18.3 Å². The van der Waals surface area contributed by atoms with Gasteiger partial charge in [0.1, 0.15) is 5.69 Å². The number of nitrogens with two attached hydrogens (primary N) is 1. The van der Waals surface area contributed by atoms with Crippen molar-refractivity contribution < 1.29 is 4.79 Å². The summed E-state index contributed by atoms with van der Waals surface area (Å²) in [6.07, 6.45) is 7.13. The summed E-state index contributed by atoms with van der Waals surface area (Å²) in [6, 6.07) is 4.58. The third-order valence-corrected chi connectivity index (χ3v) is 4.30. The van der Waals surface area contributed by atoms with E-state index in [0.29, 0.717) is 12.1 Å². The summed E-state index contributed by atoms with van der Waals surface area (Å²) >= 11 is 0. The molecule has 0 radical (unpaired) electrons. The van der Waals surface area contributed by atoms with Crippen LogP contribution in [0.5, 0.6) is 0 Å². The molecular weight excluding hydrogens is 250 g/mol. The average Bonchev–Trinajstić information content (AvgIpc) is 2.93. The number of carbonyl (C=O) groups excluding carboxylic acids is 1. The molecule has 1 aromatic heterocycles. The molecule has 0 saturated heterocycles. The SMILES string of the molecule is CCCN(C(=O)c1cccn1CC)C1CCC(N)CC1. The Balaban J connectivity index is 2.13. The van der Waals surface area contributed by atoms with E-state index in [1.807, 2.05) is 22.9 Å². The van der Waals surface area contributed by atoms with E-state index >= 15 is 0 Å². The molecule has 2 rings (SSSR count). The van der Waals surface area contributed by atoms with Gasteiger partial charge in [0.05, 0.1) is 0 Å². The van der Waals surface area contributed by atoms with Crippen LogP contribution in [0.4, 0.5) is 0 Å². The van der Waals surface area contributed by atoms with Gasteiger partial charge in [0.25, 0.3) is 5.91 Å². The first-order valence-corrected chi connectivity index (χ1v) is 7.89. The molecule has 0 aromatic carbocycles. The normalized spacial score (nSPS) is 22.8. The topological polar surface area (TPSA) is 51.3 Å². The van der Waals surface area contributed by atoms with Crippen LogP contribution in [0.25, 0.3) is 0 Å². The molecule has 20 heavy (non-hydrogen) atoms. The Bertz CT molecular complexity index is 433. The van der Waals surface area contributed by atoms with Crippen molar-refractivity contribution in [1.29, 1.82) is 0 Å². The van der Waals surface area contributed by atoms with Gasteiger partial charge in [-0.15, -0.1) is 0 Å². The van der Waals surface area contributed by atoms with E-state index in [2.05, 4.69) is 18.7 Å². The Morgan fingerprint density at radius 3 is 2.65 bits per heavy atom. The summed E-state index contributed by atoms with van der Waals surface area (Å²) < 4.78 is 2.03. The number of aromatic nitrogens is 1. The van der Waals surface area contributed by atoms with E-state index < -0.39 is 0 Å². The smallest absolute Gasteiger partial charge is 0.270 e. The minimum atomic E-state index is 0.180. The quantitative estimate of drug-likeness (QED) is 0.899. The van der Waals surface area contributed by atoms with Gasteiger partial charge >= 0.3 is 0 Å². The fourth-order valence-corrected chi connectivity index (χ4v) is 3.14. The van der Waals surface area contributed by atoms with Crippen molar-refractivity contribution in [2.45, 2.75) is 64.6 Å². The van der Waals surface area contributed by atoms with E-state index in [-0.39, 0.29) is 5.91 Å². The monoisotopic (exact) mass is 277 g/mol. The number of nitrogens with zero attached hydrogens (tertiary/aromatic N) is 2. The van der Waals surface area contributed by atoms with Crippen LogP contribution in [-0.2, 0) is 6.54 Å². The second-order valence-electron chi connectivity index (χ2n) is 5.75. The summed E-state index contributed by atoms with van der Waals surface area (Å²) in [6.45, 7) is 5.88. The van der Waals surface area contributed by atoms with Gasteiger partial charge < -0.3 is 15.2 Å². The van der Waals surface area contributed by atoms with Gasteiger partial charge in [-0.2, -0.15) is 0 Å². The maximum Gasteiger partial charge on any atom is 0.270 e. The fourth-order valence-electron chi connectivity index (χ4n) is 3.14. The van der Waals surface area contributed by atoms with Crippen molar-refractivity contribution in [3.05, 3.63) is 24.0 Å². The summed E-state index contributed by atoms with van der Waals surface area (Å²) in [7, 11) is 0. The average molecular weight is 277 g/mol. The van der Waals surface area contributed by atoms with Crippen molar-refractivity contribution >= 4 is 5.91 Å². The lowest BCUT2D eigenvalue weighted by Gasteiger charge is -2.36. The Kier molecular flexibility index (Phi) is 5.24. The number of hydrogen-bond acceptors (Lipinski definition) is 2. The zero-order valence-corrected chi connectivity index (χ0v) is 12.7. The zero-order valence-electron chi connectivity index (χ0n) is 12.7. The number of rotatable bonds is 5. The number of amides is 1. The molecule has 0 bridgehead atoms. The predicted octanol–water partition coefficient (Wildman–Crippen LogP) is 2.63. The summed E-state index contributed by atoms with van der Waals surface area (Å²) in [5.41, 5.74) is 6.80. The summed E-state index contributed by atoms with van der Waals surface area (Å²) in [5.74, 6) is 0.180. The van der Waals surface area contributed by atoms with E-state index in [4.69, 9.17) is 5.73 Å². The Hall–Kier alpha value is -1.29. The van der Waals surface area contributed by atoms with Crippen LogP contribution in [0.3, 0.4) is 0 Å². The predicted molar refractivity (Wildman–Crippen MR) is 81.7 cm³/mol. The fraction of sp³-hybridized carbons (Fsp3) is 0.688. The Morgan fingerprint density at radius 2 is 2.05 bits per heavy atom. The first kappa shape index (κ1) is 15.1. The molecule has 1 fully saturated rings. The van der Waals surface area contributed by atoms with Crippen molar-refractivity contribution in [2.75, 3.05) is 6.54 Å². The van der Waals surface area contributed by atoms with Crippen LogP contribution in [0, 0.1) is 0 Å². The minimum absolute atomic E-state index is 0.180. The second kappa shape index (κ2) is 6.93. The van der Waals surface area contributed by atoms with Crippen LogP contribution in [0.2, 0.25) is 0 Å². The summed E-state index contributed by atoms with van der Waals surface area (Å²) in [5, 5.41) is 0. The van der Waals surface area contributed by atoms with Crippen LogP contribution in [-0.4, -0.2) is 34.0 Å². The second-order valence-corrected chi connectivity index (χ2v) is 5.75. The largest absolute Gasteiger partial charge is 0.344 e. The standard InChI is InChI=1S/C16H27N3O/c1-3-11-19(14-9-7-13(17)8-10-14)16(20)15-6-5-12-18(15)4-2/h5-6,12-14H,3-4,7-11,17H2,1-2H3. The molecule has 0 spiro atoms. The minimum Gasteiger partial charge on any atom is -0.344 e. The maximum atomic E-state index is 12.8. The highest BCUT2D eigenvalue weighted by molar-refractivity contribution is 5.93. The van der Waals surface area contributed by atoms with Crippen LogP contribution >= 0.6 is 0 Å². The number of aryl methyl sites for hydroxylation is 1. The molecule has 4 nitrogen and oxygen atoms in total. The van der Waals surface area contributed by atoms with E-state index in [9.17, 15) is 4.79 Å². The molecule has 112 valence electrons. The molecule has 2 N–H and O–H groups in total. The number of carbonyl (C=O) groups is 1. The maximum absolute atomic E-state index is 12.8. The van der Waals surface area contributed by atoms with Crippen LogP contribution in [0.1, 0.15) is 56.4 Å². The van der Waals surface area contributed by atoms with Crippen molar-refractivity contribution in [2.24, 2.45) is 5.73 Å². The first-order valence-electron chi connectivity index (χ1n) is 7.89. The lowest BCUT2D eigenvalue weighted by molar-refractivity contribution is 0.0616. The molecule has 1 aliphatic carbocycles. The van der Waals surface area contributed by atoms with Gasteiger partial charge in [0.15, 0.2) is 0 Å². The molecule has 0 atom stereocenters. The number of hydrogen-bond donors (Lipinski definition) is 1. The van der Waals surface area contributed by atoms with Gasteiger partial charge in [0, 0.05) is 31.4 Å². The molecular formula is C16H27N3O. The van der Waals surface area contributed by atoms with Crippen molar-refractivity contribution in [3.8, 4) is 0 Å². The highest BCUT2D eigenvalue weighted by atomic mass is 16.2. The van der Waals surface area contributed by atoms with Crippen LogP contribution < -0.4 is 5.73 Å². The lowest BCUT2D eigenvalue weighted by Crippen LogP contribution is -2.45. The highest BCUT2D eigenvalue weighted by Gasteiger charge is 2.28. The highest BCUT2D eigenvalue weighted by Crippen LogP contribution is 2.24. The first-order chi connectivity index (χ1) is 9.67. The van der Waals surface area contributed by atoms with Gasteiger partial charge in [0.2, 0.25) is 0 Å². The molecule has 1 saturated carbocycles. The van der Waals surface area contributed by atoms with Gasteiger partial charge in [-0.3, -0.25) is 4.79 Å². The molecule has 1 aliphatic rings. The zero-order chi connectivity index (χ0) is 14.5. The van der Waals surface area contributed by atoms with Crippen molar-refractivity contribution in [1.82, 2.24) is 9.47 Å².